The van der Waals surface area contributed by atoms with E-state index in [1.807, 2.05) is 85.1 Å². The summed E-state index contributed by atoms with van der Waals surface area (Å²) < 4.78 is 32.6. The number of piperidine rings is 1. The van der Waals surface area contributed by atoms with Crippen LogP contribution in [0, 0.1) is 0 Å². The van der Waals surface area contributed by atoms with E-state index < -0.39 is 20.8 Å². The summed E-state index contributed by atoms with van der Waals surface area (Å²) in [6, 6.07) is 20.4. The van der Waals surface area contributed by atoms with Gasteiger partial charge < -0.3 is 39.2 Å². The van der Waals surface area contributed by atoms with Gasteiger partial charge in [0.2, 0.25) is 5.95 Å². The number of ether oxygens (including phenoxy) is 3. The zero-order valence-electron chi connectivity index (χ0n) is 40.1. The van der Waals surface area contributed by atoms with Crippen LogP contribution in [0.15, 0.2) is 66.9 Å². The number of aromatic nitrogens is 5. The van der Waals surface area contributed by atoms with Crippen molar-refractivity contribution in [3.05, 3.63) is 78.0 Å². The van der Waals surface area contributed by atoms with E-state index in [-0.39, 0.29) is 6.09 Å². The zero-order chi connectivity index (χ0) is 46.7. The van der Waals surface area contributed by atoms with Crippen molar-refractivity contribution in [2.75, 3.05) is 82.4 Å². The highest BCUT2D eigenvalue weighted by atomic mass is 31.2. The van der Waals surface area contributed by atoms with Crippen molar-refractivity contribution in [1.29, 1.82) is 0 Å². The minimum Gasteiger partial charge on any atom is -0.497 e. The van der Waals surface area contributed by atoms with Crippen LogP contribution >= 0.6 is 7.14 Å². The molecule has 2 aliphatic heterocycles. The number of anilines is 5. The molecule has 0 unspecified atom stereocenters. The topological polar surface area (TPSA) is 152 Å². The SMILES string of the molecule is CCc1cc(Nc2ncc(-c3c([Si](C)(C)C)nnn3Cc3ccc(OC)cc3)c(Nc3ccccc3P(C)(C)=O)n2)c(OC)cc1N1CCC(N2CCN(C(=O)OC(C)(C)C)CC2)CC1. The largest absolute Gasteiger partial charge is 0.497 e. The molecule has 2 aromatic heterocycles. The van der Waals surface area contributed by atoms with Crippen molar-refractivity contribution in [1.82, 2.24) is 34.8 Å². The summed E-state index contributed by atoms with van der Waals surface area (Å²) in [6.07, 6.45) is 4.50. The Balaban J connectivity index is 1.17. The van der Waals surface area contributed by atoms with Gasteiger partial charge >= 0.3 is 6.09 Å². The number of nitrogens with zero attached hydrogens (tertiary/aromatic N) is 8. The average molecular weight is 923 g/mol. The average Bonchev–Trinajstić information content (AvgIpc) is 3.70. The maximum absolute atomic E-state index is 13.6. The Morgan fingerprint density at radius 2 is 1.58 bits per heavy atom. The fourth-order valence-electron chi connectivity index (χ4n) is 8.63. The second-order valence-electron chi connectivity index (χ2n) is 19.4. The number of hydrogen-bond acceptors (Lipinski definition) is 13. The number of rotatable bonds is 14. The molecule has 0 atom stereocenters. The molecule has 0 saturated carbocycles. The lowest BCUT2D eigenvalue weighted by molar-refractivity contribution is 0.00901. The highest BCUT2D eigenvalue weighted by molar-refractivity contribution is 7.70. The Labute approximate surface area is 385 Å². The molecule has 348 valence electrons. The molecule has 2 saturated heterocycles. The third kappa shape index (κ3) is 11.3. The summed E-state index contributed by atoms with van der Waals surface area (Å²) in [5.41, 5.74) is 5.93. The fourth-order valence-corrected chi connectivity index (χ4v) is 11.1. The Morgan fingerprint density at radius 3 is 2.20 bits per heavy atom. The van der Waals surface area contributed by atoms with Crippen LogP contribution in [0.3, 0.4) is 0 Å². The van der Waals surface area contributed by atoms with Crippen molar-refractivity contribution in [2.24, 2.45) is 0 Å². The number of methoxy groups -OCH3 is 2. The maximum atomic E-state index is 13.6. The van der Waals surface area contributed by atoms with E-state index >= 15 is 0 Å². The molecular weight excluding hydrogens is 856 g/mol. The third-order valence-electron chi connectivity index (χ3n) is 12.0. The van der Waals surface area contributed by atoms with Gasteiger partial charge in [-0.1, -0.05) is 56.0 Å². The number of amides is 1. The first kappa shape index (κ1) is 47.5. The molecular formula is C48H67N10O5PSi. The van der Waals surface area contributed by atoms with E-state index in [2.05, 4.69) is 59.1 Å². The van der Waals surface area contributed by atoms with Crippen LogP contribution in [0.2, 0.25) is 19.6 Å². The molecule has 7 rings (SSSR count). The molecule has 2 fully saturated rings. The van der Waals surface area contributed by atoms with Gasteiger partial charge in [-0.2, -0.15) is 4.98 Å². The van der Waals surface area contributed by atoms with E-state index in [1.165, 1.54) is 11.3 Å². The van der Waals surface area contributed by atoms with E-state index in [0.717, 1.165) is 84.3 Å². The van der Waals surface area contributed by atoms with Crippen molar-refractivity contribution in [2.45, 2.75) is 84.8 Å². The highest BCUT2D eigenvalue weighted by Crippen LogP contribution is 2.41. The first-order chi connectivity index (χ1) is 30.8. The number of benzene rings is 3. The Hall–Kier alpha value is -5.44. The number of carbonyl (C=O) groups is 1. The number of aryl methyl sites for hydroxylation is 1. The van der Waals surface area contributed by atoms with Gasteiger partial charge in [0.15, 0.2) is 0 Å². The second-order valence-corrected chi connectivity index (χ2v) is 27.5. The van der Waals surface area contributed by atoms with Crippen molar-refractivity contribution in [3.8, 4) is 22.8 Å². The monoisotopic (exact) mass is 922 g/mol. The minimum atomic E-state index is -2.69. The van der Waals surface area contributed by atoms with Gasteiger partial charge in [-0.3, -0.25) is 4.90 Å². The van der Waals surface area contributed by atoms with Gasteiger partial charge in [0, 0.05) is 68.6 Å². The number of hydrogen-bond donors (Lipinski definition) is 2. The highest BCUT2D eigenvalue weighted by Gasteiger charge is 2.33. The molecule has 65 heavy (non-hydrogen) atoms. The number of nitrogens with one attached hydrogen (secondary N) is 2. The summed E-state index contributed by atoms with van der Waals surface area (Å²) >= 11 is 0. The van der Waals surface area contributed by atoms with Gasteiger partial charge in [-0.15, -0.1) is 5.10 Å². The first-order valence-electron chi connectivity index (χ1n) is 22.7. The third-order valence-corrected chi connectivity index (χ3v) is 15.3. The van der Waals surface area contributed by atoms with Crippen LogP contribution < -0.4 is 35.6 Å². The zero-order valence-corrected chi connectivity index (χ0v) is 42.0. The van der Waals surface area contributed by atoms with Gasteiger partial charge in [-0.25, -0.2) is 14.5 Å². The minimum absolute atomic E-state index is 0.225. The van der Waals surface area contributed by atoms with E-state index in [9.17, 15) is 9.36 Å². The second kappa shape index (κ2) is 19.6. The lowest BCUT2D eigenvalue weighted by Crippen LogP contribution is -2.55. The van der Waals surface area contributed by atoms with Crippen molar-refractivity contribution >= 4 is 60.8 Å². The van der Waals surface area contributed by atoms with Crippen LogP contribution in [-0.2, 0) is 22.3 Å². The normalized spacial score (nSPS) is 15.5. The molecule has 3 aromatic carbocycles. The van der Waals surface area contributed by atoms with Crippen LogP contribution in [-0.4, -0.2) is 127 Å². The lowest BCUT2D eigenvalue weighted by atomic mass is 9.99. The Morgan fingerprint density at radius 1 is 0.892 bits per heavy atom. The van der Waals surface area contributed by atoms with Gasteiger partial charge in [0.05, 0.1) is 48.7 Å². The van der Waals surface area contributed by atoms with E-state index in [0.29, 0.717) is 48.9 Å². The number of para-hydroxylation sites is 1. The standard InChI is InChI=1S/C48H67N10O5PSi/c1-12-34-29-39(41(62-6)30-40(34)56-23-21-35(22-24-56)55-25-27-57(28-26-55)47(59)63-48(2,3)4)51-46-49-31-37(44(52-46)50-38-15-13-14-16-42(38)64(7,8)60)43-45(65(9,10)11)53-54-58(43)32-33-17-19-36(61-5)20-18-33/h13-20,29-31,35H,12,21-28,32H2,1-11H3,(H2,49,50,51,52). The molecule has 0 spiro atoms. The molecule has 5 aromatic rings. The van der Waals surface area contributed by atoms with Crippen LogP contribution in [0.1, 0.15) is 51.7 Å². The molecule has 17 heteroatoms. The van der Waals surface area contributed by atoms with Crippen molar-refractivity contribution < 1.29 is 23.6 Å². The van der Waals surface area contributed by atoms with Gasteiger partial charge in [0.25, 0.3) is 0 Å². The summed E-state index contributed by atoms with van der Waals surface area (Å²) in [4.78, 5) is 29.6. The van der Waals surface area contributed by atoms with Crippen molar-refractivity contribution in [3.63, 3.8) is 0 Å². The van der Waals surface area contributed by atoms with Crippen LogP contribution in [0.25, 0.3) is 11.3 Å². The molecule has 2 N–H and O–H groups in total. The molecule has 15 nitrogen and oxygen atoms in total. The Kier molecular flexibility index (Phi) is 14.3. The molecule has 4 heterocycles. The van der Waals surface area contributed by atoms with Gasteiger partial charge in [-0.05, 0) is 94.8 Å². The summed E-state index contributed by atoms with van der Waals surface area (Å²) in [6.45, 7) is 23.6. The summed E-state index contributed by atoms with van der Waals surface area (Å²) in [5, 5.41) is 18.3. The molecule has 1 amide bonds. The van der Waals surface area contributed by atoms with Crippen LogP contribution in [0.5, 0.6) is 11.5 Å². The maximum Gasteiger partial charge on any atom is 0.410 e. The molecule has 2 aliphatic rings. The number of carbonyl (C=O) groups excluding carboxylic acids is 1. The number of piperazine rings is 1. The predicted molar refractivity (Wildman–Crippen MR) is 265 cm³/mol. The lowest BCUT2D eigenvalue weighted by Gasteiger charge is -2.43. The molecule has 0 bridgehead atoms. The molecule has 0 aliphatic carbocycles. The molecule has 0 radical (unpaired) electrons. The quantitative estimate of drug-likeness (QED) is 0.0815. The smallest absolute Gasteiger partial charge is 0.410 e. The fraction of sp³-hybridized carbons (Fsp3) is 0.479. The van der Waals surface area contributed by atoms with E-state index in [1.54, 1.807) is 27.5 Å². The summed E-state index contributed by atoms with van der Waals surface area (Å²) in [7, 11) is -1.41. The van der Waals surface area contributed by atoms with Crippen LogP contribution in [0.4, 0.5) is 33.6 Å². The van der Waals surface area contributed by atoms with Gasteiger partial charge in [0.1, 0.15) is 38.1 Å². The first-order valence-corrected chi connectivity index (χ1v) is 28.8. The predicted octanol–water partition coefficient (Wildman–Crippen LogP) is 8.16. The summed E-state index contributed by atoms with van der Waals surface area (Å²) in [5.74, 6) is 2.37. The Bertz CT molecular complexity index is 2500. The van der Waals surface area contributed by atoms with E-state index in [4.69, 9.17) is 34.5 Å².